The molecule has 0 atom stereocenters. The van der Waals surface area contributed by atoms with E-state index in [1.165, 1.54) is 23.9 Å². The van der Waals surface area contributed by atoms with Crippen LogP contribution in [0, 0.1) is 0 Å². The average molecular weight is 442 g/mol. The molecule has 2 rings (SSSR count). The van der Waals surface area contributed by atoms with Gasteiger partial charge in [-0.15, -0.1) is 24.9 Å². The molecule has 0 heterocycles. The normalized spacial score (nSPS) is 12.0. The van der Waals surface area contributed by atoms with Gasteiger partial charge >= 0.3 is 6.36 Å². The Labute approximate surface area is 149 Å². The van der Waals surface area contributed by atoms with Gasteiger partial charge in [0.2, 0.25) is 0 Å². The fourth-order valence-corrected chi connectivity index (χ4v) is 3.99. The second-order valence-corrected chi connectivity index (χ2v) is 7.86. The lowest BCUT2D eigenvalue weighted by molar-refractivity contribution is -0.275. The molecule has 130 valence electrons. The van der Waals surface area contributed by atoms with Gasteiger partial charge in [-0.1, -0.05) is 28.1 Å². The summed E-state index contributed by atoms with van der Waals surface area (Å²) in [6.07, 6.45) is -3.26. The molecule has 0 bridgehead atoms. The average Bonchev–Trinajstić information content (AvgIpc) is 2.45. The first kappa shape index (κ1) is 18.9. The molecule has 0 saturated heterocycles. The van der Waals surface area contributed by atoms with Crippen molar-refractivity contribution < 1.29 is 26.3 Å². The van der Waals surface area contributed by atoms with Crippen LogP contribution in [0.3, 0.4) is 0 Å². The number of benzene rings is 2. The molecule has 0 radical (unpaired) electrons. The number of hydrogen-bond acceptors (Lipinski definition) is 4. The van der Waals surface area contributed by atoms with Crippen LogP contribution in [0.1, 0.15) is 0 Å². The number of hydrogen-bond donors (Lipinski definition) is 1. The van der Waals surface area contributed by atoms with Crippen molar-refractivity contribution in [1.29, 1.82) is 0 Å². The predicted molar refractivity (Wildman–Crippen MR) is 89.9 cm³/mol. The zero-order valence-electron chi connectivity index (χ0n) is 12.1. The van der Waals surface area contributed by atoms with Crippen LogP contribution in [0.5, 0.6) is 5.75 Å². The summed E-state index contributed by atoms with van der Waals surface area (Å²) < 4.78 is 69.0. The van der Waals surface area contributed by atoms with Crippen molar-refractivity contribution in [2.75, 3.05) is 11.0 Å². The molecule has 10 heteroatoms. The minimum absolute atomic E-state index is 0.255. The molecule has 24 heavy (non-hydrogen) atoms. The van der Waals surface area contributed by atoms with Gasteiger partial charge in [0.15, 0.2) is 5.75 Å². The first-order chi connectivity index (χ1) is 11.1. The fraction of sp³-hybridized carbons (Fsp3) is 0.143. The molecule has 0 saturated carbocycles. The van der Waals surface area contributed by atoms with Crippen LogP contribution in [0.25, 0.3) is 0 Å². The number of alkyl halides is 3. The van der Waals surface area contributed by atoms with Crippen molar-refractivity contribution in [3.63, 3.8) is 0 Å². The van der Waals surface area contributed by atoms with E-state index in [0.29, 0.717) is 4.90 Å². The molecule has 0 aliphatic carbocycles. The lowest BCUT2D eigenvalue weighted by Crippen LogP contribution is -2.21. The fourth-order valence-electron chi connectivity index (χ4n) is 1.84. The lowest BCUT2D eigenvalue weighted by Gasteiger charge is -2.16. The standard InChI is InChI=1S/C14H11BrF3NO3S2/c1-23-12-5-3-2-4-10(12)19-24(20,21)13-7-6-9(15)8-11(13)22-14(16,17)18/h2-8,19H,1H3. The van der Waals surface area contributed by atoms with Crippen molar-refractivity contribution in [1.82, 2.24) is 0 Å². The maximum atomic E-state index is 12.5. The summed E-state index contributed by atoms with van der Waals surface area (Å²) in [4.78, 5) is 0.0235. The number of ether oxygens (including phenoxy) is 1. The molecule has 0 fully saturated rings. The molecule has 0 spiro atoms. The number of sulfonamides is 1. The van der Waals surface area contributed by atoms with E-state index in [2.05, 4.69) is 25.4 Å². The molecule has 0 amide bonds. The number of thioether (sulfide) groups is 1. The van der Waals surface area contributed by atoms with E-state index in [0.717, 1.165) is 12.1 Å². The van der Waals surface area contributed by atoms with E-state index < -0.39 is 27.0 Å². The van der Waals surface area contributed by atoms with Crippen LogP contribution in [-0.2, 0) is 10.0 Å². The van der Waals surface area contributed by atoms with Gasteiger partial charge in [-0.2, -0.15) is 0 Å². The Bertz CT molecular complexity index is 841. The van der Waals surface area contributed by atoms with Gasteiger partial charge in [0.1, 0.15) is 4.90 Å². The van der Waals surface area contributed by atoms with Crippen LogP contribution < -0.4 is 9.46 Å². The summed E-state index contributed by atoms with van der Waals surface area (Å²) in [6.45, 7) is 0. The first-order valence-electron chi connectivity index (χ1n) is 6.33. The highest BCUT2D eigenvalue weighted by Crippen LogP contribution is 2.34. The Balaban J connectivity index is 2.46. The minimum Gasteiger partial charge on any atom is -0.404 e. The SMILES string of the molecule is CSc1ccccc1NS(=O)(=O)c1ccc(Br)cc1OC(F)(F)F. The zero-order valence-corrected chi connectivity index (χ0v) is 15.3. The summed E-state index contributed by atoms with van der Waals surface area (Å²) in [5.41, 5.74) is 0.269. The summed E-state index contributed by atoms with van der Waals surface area (Å²) in [5, 5.41) is 0. The van der Waals surface area contributed by atoms with Gasteiger partial charge in [0.05, 0.1) is 5.69 Å². The summed E-state index contributed by atoms with van der Waals surface area (Å²) in [6, 6.07) is 9.85. The van der Waals surface area contributed by atoms with Gasteiger partial charge in [0, 0.05) is 9.37 Å². The zero-order chi connectivity index (χ0) is 18.0. The van der Waals surface area contributed by atoms with Crippen LogP contribution in [-0.4, -0.2) is 21.0 Å². The van der Waals surface area contributed by atoms with E-state index in [1.807, 2.05) is 0 Å². The molecular weight excluding hydrogens is 431 g/mol. The third-order valence-corrected chi connectivity index (χ3v) is 5.47. The third-order valence-electron chi connectivity index (χ3n) is 2.77. The van der Waals surface area contributed by atoms with Gasteiger partial charge in [-0.25, -0.2) is 8.42 Å². The minimum atomic E-state index is -5.01. The van der Waals surface area contributed by atoms with Crippen molar-refractivity contribution >= 4 is 43.4 Å². The van der Waals surface area contributed by atoms with Crippen LogP contribution >= 0.6 is 27.7 Å². The molecule has 2 aromatic carbocycles. The highest BCUT2D eigenvalue weighted by atomic mass is 79.9. The van der Waals surface area contributed by atoms with Gasteiger partial charge in [0.25, 0.3) is 10.0 Å². The Morgan fingerprint density at radius 2 is 1.83 bits per heavy atom. The maximum absolute atomic E-state index is 12.5. The number of nitrogens with one attached hydrogen (secondary N) is 1. The summed E-state index contributed by atoms with van der Waals surface area (Å²) in [5.74, 6) is -0.814. The van der Waals surface area contributed by atoms with Gasteiger partial charge < -0.3 is 4.74 Å². The molecule has 0 aliphatic heterocycles. The smallest absolute Gasteiger partial charge is 0.404 e. The molecule has 0 aromatic heterocycles. The number of halogens is 4. The topological polar surface area (TPSA) is 55.4 Å². The first-order valence-corrected chi connectivity index (χ1v) is 9.83. The van der Waals surface area contributed by atoms with Crippen molar-refractivity contribution in [2.24, 2.45) is 0 Å². The maximum Gasteiger partial charge on any atom is 0.573 e. The van der Waals surface area contributed by atoms with Crippen LogP contribution in [0.4, 0.5) is 18.9 Å². The largest absolute Gasteiger partial charge is 0.573 e. The molecule has 1 N–H and O–H groups in total. The Hall–Kier alpha value is -1.39. The predicted octanol–water partition coefficient (Wildman–Crippen LogP) is 4.87. The van der Waals surface area contributed by atoms with Crippen LogP contribution in [0.2, 0.25) is 0 Å². The van der Waals surface area contributed by atoms with Crippen molar-refractivity contribution in [3.8, 4) is 5.75 Å². The van der Waals surface area contributed by atoms with E-state index >= 15 is 0 Å². The third kappa shape index (κ3) is 4.81. The second kappa shape index (κ2) is 7.24. The number of rotatable bonds is 5. The summed E-state index contributed by atoms with van der Waals surface area (Å²) in [7, 11) is -4.27. The lowest BCUT2D eigenvalue weighted by atomic mass is 10.3. The van der Waals surface area contributed by atoms with E-state index in [9.17, 15) is 21.6 Å². The van der Waals surface area contributed by atoms with E-state index in [-0.39, 0.29) is 10.2 Å². The molecular formula is C14H11BrF3NO3S2. The number of anilines is 1. The number of para-hydroxylation sites is 1. The van der Waals surface area contributed by atoms with Gasteiger partial charge in [-0.05, 0) is 36.6 Å². The molecule has 4 nitrogen and oxygen atoms in total. The molecule has 0 aliphatic rings. The second-order valence-electron chi connectivity index (χ2n) is 4.44. The molecule has 2 aromatic rings. The van der Waals surface area contributed by atoms with Crippen LogP contribution in [0.15, 0.2) is 56.7 Å². The van der Waals surface area contributed by atoms with E-state index in [1.54, 1.807) is 24.5 Å². The van der Waals surface area contributed by atoms with Crippen molar-refractivity contribution in [2.45, 2.75) is 16.2 Å². The van der Waals surface area contributed by atoms with E-state index in [4.69, 9.17) is 0 Å². The molecule has 0 unspecified atom stereocenters. The summed E-state index contributed by atoms with van der Waals surface area (Å²) >= 11 is 4.30. The quantitative estimate of drug-likeness (QED) is 0.672. The Kier molecular flexibility index (Phi) is 5.71. The highest BCUT2D eigenvalue weighted by Gasteiger charge is 2.34. The van der Waals surface area contributed by atoms with Crippen molar-refractivity contribution in [3.05, 3.63) is 46.9 Å². The Morgan fingerprint density at radius 1 is 1.17 bits per heavy atom. The Morgan fingerprint density at radius 3 is 2.46 bits per heavy atom. The monoisotopic (exact) mass is 441 g/mol. The van der Waals surface area contributed by atoms with Gasteiger partial charge in [-0.3, -0.25) is 4.72 Å². The highest BCUT2D eigenvalue weighted by molar-refractivity contribution is 9.10.